The minimum Gasteiger partial charge on any atom is -0.545 e. The average Bonchev–Trinajstić information content (AvgIpc) is 2.41. The number of carbonyl (C=O) groups is 2. The van der Waals surface area contributed by atoms with Crippen molar-refractivity contribution in [3.05, 3.63) is 35.4 Å². The van der Waals surface area contributed by atoms with Gasteiger partial charge in [0.25, 0.3) is 0 Å². The van der Waals surface area contributed by atoms with E-state index in [4.69, 9.17) is 9.84 Å². The van der Waals surface area contributed by atoms with Crippen LogP contribution in [0.25, 0.3) is 0 Å². The molecule has 2 rings (SSSR count). The van der Waals surface area contributed by atoms with Crippen LogP contribution < -0.4 is 40.0 Å². The van der Waals surface area contributed by atoms with Crippen LogP contribution in [0.2, 0.25) is 0 Å². The number of hydrogen-bond donors (Lipinski definition) is 2. The Hall–Kier alpha value is -0.960. The molecular formula is C12H16NNaO6. The SMILES string of the molecule is C1COCCN1.O.O=C([O-])c1cccc(C(=O)O)c1.[Na+]. The first-order chi connectivity index (χ1) is 8.61. The van der Waals surface area contributed by atoms with Crippen LogP contribution in [0.4, 0.5) is 0 Å². The standard InChI is InChI=1S/C8H6O4.C4H9NO.Na.H2O/c9-7(10)5-2-1-3-6(4-5)8(11)12;1-3-6-4-2-5-1;;/h1-4H,(H,9,10)(H,11,12);5H,1-4H2;;1H2/q;;+1;/p-1. The van der Waals surface area contributed by atoms with Crippen LogP contribution in [0.15, 0.2) is 24.3 Å². The predicted octanol–water partition coefficient (Wildman–Crippen LogP) is -4.47. The summed E-state index contributed by atoms with van der Waals surface area (Å²) in [6.07, 6.45) is 0. The molecule has 20 heavy (non-hydrogen) atoms. The summed E-state index contributed by atoms with van der Waals surface area (Å²) in [6, 6.07) is 5.00. The van der Waals surface area contributed by atoms with Crippen LogP contribution in [-0.4, -0.2) is 48.8 Å². The number of carboxylic acids is 2. The van der Waals surface area contributed by atoms with Crippen LogP contribution in [0.5, 0.6) is 0 Å². The molecular weight excluding hydrogens is 277 g/mol. The van der Waals surface area contributed by atoms with Gasteiger partial charge in [-0.25, -0.2) is 4.79 Å². The van der Waals surface area contributed by atoms with Gasteiger partial charge in [-0.3, -0.25) is 0 Å². The van der Waals surface area contributed by atoms with E-state index in [1.165, 1.54) is 18.2 Å². The number of morpholine rings is 1. The fourth-order valence-electron chi connectivity index (χ4n) is 1.29. The first-order valence-electron chi connectivity index (χ1n) is 5.44. The van der Waals surface area contributed by atoms with Crippen LogP contribution in [0.3, 0.4) is 0 Å². The van der Waals surface area contributed by atoms with Crippen LogP contribution >= 0.6 is 0 Å². The third-order valence-electron chi connectivity index (χ3n) is 2.19. The van der Waals surface area contributed by atoms with Crippen molar-refractivity contribution in [1.82, 2.24) is 5.32 Å². The Balaban J connectivity index is 0. The number of nitrogens with one attached hydrogen (secondary N) is 1. The van der Waals surface area contributed by atoms with Gasteiger partial charge in [0.05, 0.1) is 24.7 Å². The van der Waals surface area contributed by atoms with Gasteiger partial charge in [-0.15, -0.1) is 0 Å². The molecule has 0 spiro atoms. The van der Waals surface area contributed by atoms with Crippen molar-refractivity contribution in [2.75, 3.05) is 26.3 Å². The number of carboxylic acid groups (broad SMARTS) is 2. The van der Waals surface area contributed by atoms with Crippen molar-refractivity contribution in [2.45, 2.75) is 0 Å². The zero-order valence-corrected chi connectivity index (χ0v) is 13.2. The third-order valence-corrected chi connectivity index (χ3v) is 2.19. The van der Waals surface area contributed by atoms with Crippen molar-refractivity contribution in [3.8, 4) is 0 Å². The summed E-state index contributed by atoms with van der Waals surface area (Å²) < 4.78 is 5.01. The molecule has 1 aromatic carbocycles. The number of rotatable bonds is 2. The summed E-state index contributed by atoms with van der Waals surface area (Å²) >= 11 is 0. The molecule has 7 nitrogen and oxygen atoms in total. The first-order valence-corrected chi connectivity index (χ1v) is 5.44. The second kappa shape index (κ2) is 11.8. The quantitative estimate of drug-likeness (QED) is 0.529. The van der Waals surface area contributed by atoms with E-state index in [-0.39, 0.29) is 46.2 Å². The summed E-state index contributed by atoms with van der Waals surface area (Å²) in [5, 5.41) is 21.9. The fourth-order valence-corrected chi connectivity index (χ4v) is 1.29. The van der Waals surface area contributed by atoms with Gasteiger partial charge >= 0.3 is 35.5 Å². The number of benzene rings is 1. The molecule has 0 bridgehead atoms. The predicted molar refractivity (Wildman–Crippen MR) is 65.0 cm³/mol. The van der Waals surface area contributed by atoms with Crippen LogP contribution in [0, 0.1) is 0 Å². The van der Waals surface area contributed by atoms with E-state index in [1.807, 2.05) is 0 Å². The van der Waals surface area contributed by atoms with Gasteiger partial charge < -0.3 is 30.5 Å². The molecule has 0 amide bonds. The molecule has 1 heterocycles. The van der Waals surface area contributed by atoms with E-state index < -0.39 is 11.9 Å². The molecule has 1 aliphatic rings. The van der Waals surface area contributed by atoms with Crippen molar-refractivity contribution >= 4 is 11.9 Å². The topological polar surface area (TPSA) is 130 Å². The molecule has 0 saturated carbocycles. The first kappa shape index (κ1) is 21.3. The maximum Gasteiger partial charge on any atom is 1.00 e. The van der Waals surface area contributed by atoms with Crippen molar-refractivity contribution in [3.63, 3.8) is 0 Å². The molecule has 106 valence electrons. The number of hydrogen-bond acceptors (Lipinski definition) is 5. The Morgan fingerprint density at radius 3 is 2.10 bits per heavy atom. The molecule has 0 aliphatic carbocycles. The summed E-state index contributed by atoms with van der Waals surface area (Å²) in [5.74, 6) is -2.53. The monoisotopic (exact) mass is 293 g/mol. The molecule has 0 radical (unpaired) electrons. The second-order valence-corrected chi connectivity index (χ2v) is 3.54. The van der Waals surface area contributed by atoms with Crippen molar-refractivity contribution in [2.24, 2.45) is 0 Å². The molecule has 1 aromatic rings. The third kappa shape index (κ3) is 8.26. The van der Waals surface area contributed by atoms with Gasteiger partial charge in [-0.1, -0.05) is 12.1 Å². The fraction of sp³-hybridized carbons (Fsp3) is 0.333. The largest absolute Gasteiger partial charge is 1.00 e. The maximum absolute atomic E-state index is 10.4. The van der Waals surface area contributed by atoms with E-state index in [9.17, 15) is 14.7 Å². The van der Waals surface area contributed by atoms with E-state index in [1.54, 1.807) is 0 Å². The minimum absolute atomic E-state index is 0. The molecule has 4 N–H and O–H groups in total. The van der Waals surface area contributed by atoms with E-state index >= 15 is 0 Å². The van der Waals surface area contributed by atoms with Crippen LogP contribution in [0.1, 0.15) is 20.7 Å². The number of aromatic carboxylic acids is 2. The zero-order chi connectivity index (χ0) is 13.4. The average molecular weight is 293 g/mol. The molecule has 0 aromatic heterocycles. The molecule has 1 fully saturated rings. The van der Waals surface area contributed by atoms with Gasteiger partial charge in [0.15, 0.2) is 0 Å². The Kier molecular flexibility index (Phi) is 12.6. The van der Waals surface area contributed by atoms with Crippen LogP contribution in [-0.2, 0) is 4.74 Å². The molecule has 0 unspecified atom stereocenters. The number of carbonyl (C=O) groups excluding carboxylic acids is 1. The second-order valence-electron chi connectivity index (χ2n) is 3.54. The van der Waals surface area contributed by atoms with Gasteiger partial charge in [0.1, 0.15) is 0 Å². The van der Waals surface area contributed by atoms with Gasteiger partial charge in [0, 0.05) is 13.1 Å². The summed E-state index contributed by atoms with van der Waals surface area (Å²) in [7, 11) is 0. The summed E-state index contributed by atoms with van der Waals surface area (Å²) in [4.78, 5) is 20.6. The van der Waals surface area contributed by atoms with E-state index in [0.29, 0.717) is 0 Å². The Morgan fingerprint density at radius 1 is 1.20 bits per heavy atom. The van der Waals surface area contributed by atoms with Gasteiger partial charge in [-0.2, -0.15) is 0 Å². The normalized spacial score (nSPS) is 12.8. The van der Waals surface area contributed by atoms with E-state index in [2.05, 4.69) is 5.32 Å². The van der Waals surface area contributed by atoms with Crippen molar-refractivity contribution < 1.29 is 59.6 Å². The van der Waals surface area contributed by atoms with E-state index in [0.717, 1.165) is 32.4 Å². The van der Waals surface area contributed by atoms with Crippen molar-refractivity contribution in [1.29, 1.82) is 0 Å². The molecule has 0 atom stereocenters. The molecule has 8 heteroatoms. The van der Waals surface area contributed by atoms with Gasteiger partial charge in [0.2, 0.25) is 0 Å². The summed E-state index contributed by atoms with van der Waals surface area (Å²) in [5.41, 5.74) is -0.188. The Bertz CT molecular complexity index is 381. The summed E-state index contributed by atoms with van der Waals surface area (Å²) in [6.45, 7) is 3.83. The smallest absolute Gasteiger partial charge is 0.545 e. The van der Waals surface area contributed by atoms with Gasteiger partial charge in [-0.05, 0) is 17.7 Å². The minimum atomic E-state index is -1.38. The zero-order valence-electron chi connectivity index (χ0n) is 11.2. The molecule has 1 saturated heterocycles. The molecule has 1 aliphatic heterocycles. The Morgan fingerprint density at radius 2 is 1.75 bits per heavy atom. The maximum atomic E-state index is 10.4. The number of ether oxygens (including phenoxy) is 1. The Labute approximate surface area is 138 Å².